The summed E-state index contributed by atoms with van der Waals surface area (Å²) in [6.45, 7) is 9.14. The predicted molar refractivity (Wildman–Crippen MR) is 88.5 cm³/mol. The molecular weight excluding hydrogens is 283 g/mol. The van der Waals surface area contributed by atoms with Gasteiger partial charge in [-0.05, 0) is 19.3 Å². The molecule has 2 heterocycles. The Morgan fingerprint density at radius 2 is 1.43 bits per heavy atom. The van der Waals surface area contributed by atoms with Crippen molar-refractivity contribution in [1.82, 2.24) is 9.34 Å². The van der Waals surface area contributed by atoms with Crippen LogP contribution in [-0.4, -0.2) is 41.1 Å². The number of hydrogen-bond donors (Lipinski definition) is 0. The minimum Gasteiger partial charge on any atom is -0.306 e. The molecule has 3 unspecified atom stereocenters. The Labute approximate surface area is 130 Å². The van der Waals surface area contributed by atoms with Gasteiger partial charge in [0.2, 0.25) is 0 Å². The van der Waals surface area contributed by atoms with Crippen LogP contribution in [0.25, 0.3) is 0 Å². The minimum absolute atomic E-state index is 0.485. The molecule has 0 amide bonds. The number of rotatable bonds is 12. The van der Waals surface area contributed by atoms with Crippen LogP contribution in [0.1, 0.15) is 72.1 Å². The summed E-state index contributed by atoms with van der Waals surface area (Å²) in [6.07, 6.45) is 9.62. The van der Waals surface area contributed by atoms with E-state index >= 15 is 0 Å². The van der Waals surface area contributed by atoms with Gasteiger partial charge in [-0.15, -0.1) is 0 Å². The van der Waals surface area contributed by atoms with Crippen molar-refractivity contribution >= 4 is 7.67 Å². The quantitative estimate of drug-likeness (QED) is 0.298. The summed E-state index contributed by atoms with van der Waals surface area (Å²) in [6, 6.07) is 0.969. The molecule has 0 radical (unpaired) electrons. The lowest BCUT2D eigenvalue weighted by molar-refractivity contribution is 0.259. The maximum atomic E-state index is 13.2. The van der Waals surface area contributed by atoms with Gasteiger partial charge >= 0.3 is 7.67 Å². The highest BCUT2D eigenvalue weighted by Crippen LogP contribution is 2.65. The second kappa shape index (κ2) is 8.10. The van der Waals surface area contributed by atoms with Crippen LogP contribution in [0.2, 0.25) is 0 Å². The van der Waals surface area contributed by atoms with Gasteiger partial charge in [0, 0.05) is 25.2 Å². The van der Waals surface area contributed by atoms with E-state index in [0.29, 0.717) is 18.7 Å². The Hall–Kier alpha value is 0.110. The fourth-order valence-corrected chi connectivity index (χ4v) is 5.90. The lowest BCUT2D eigenvalue weighted by Gasteiger charge is -2.21. The van der Waals surface area contributed by atoms with Crippen LogP contribution in [-0.2, 0) is 9.09 Å². The fraction of sp³-hybridized carbons (Fsp3) is 1.00. The number of nitrogens with zero attached hydrogens (tertiary/aromatic N) is 2. The first-order valence-corrected chi connectivity index (χ1v) is 10.5. The summed E-state index contributed by atoms with van der Waals surface area (Å²) in [5.41, 5.74) is 0. The highest BCUT2D eigenvalue weighted by molar-refractivity contribution is 7.54. The molecule has 0 saturated carbocycles. The van der Waals surface area contributed by atoms with Crippen molar-refractivity contribution in [1.29, 1.82) is 0 Å². The van der Waals surface area contributed by atoms with Gasteiger partial charge in [-0.25, -0.2) is 9.34 Å². The van der Waals surface area contributed by atoms with Gasteiger partial charge in [0.15, 0.2) is 0 Å². The summed E-state index contributed by atoms with van der Waals surface area (Å²) >= 11 is 0. The molecule has 2 aliphatic rings. The Morgan fingerprint density at radius 1 is 0.905 bits per heavy atom. The average Bonchev–Trinajstić information content (AvgIpc) is 3.39. The molecule has 0 aromatic heterocycles. The van der Waals surface area contributed by atoms with E-state index in [9.17, 15) is 4.57 Å². The standard InChI is InChI=1S/C16H33N2O2P/c1-4-7-8-9-10-11-12-20-21(19,17-13-15(17)5-2)18-14-16(18)6-3/h15-16H,4-14H2,1-3H3/t15-,16+,17?,18?,21?. The third-order valence-electron chi connectivity index (χ3n) is 4.72. The molecule has 0 spiro atoms. The second-order valence-corrected chi connectivity index (χ2v) is 8.73. The zero-order valence-electron chi connectivity index (χ0n) is 14.1. The van der Waals surface area contributed by atoms with Gasteiger partial charge in [-0.1, -0.05) is 52.9 Å². The summed E-state index contributed by atoms with van der Waals surface area (Å²) < 4.78 is 23.4. The van der Waals surface area contributed by atoms with Crippen LogP contribution < -0.4 is 0 Å². The van der Waals surface area contributed by atoms with E-state index in [1.807, 2.05) is 0 Å². The molecule has 2 aliphatic heterocycles. The van der Waals surface area contributed by atoms with Crippen LogP contribution >= 0.6 is 7.67 Å². The number of unbranched alkanes of at least 4 members (excludes halogenated alkanes) is 5. The van der Waals surface area contributed by atoms with Crippen molar-refractivity contribution in [2.75, 3.05) is 19.7 Å². The van der Waals surface area contributed by atoms with Crippen LogP contribution in [0.5, 0.6) is 0 Å². The molecular formula is C16H33N2O2P. The third-order valence-corrected chi connectivity index (χ3v) is 7.52. The lowest BCUT2D eigenvalue weighted by Crippen LogP contribution is -2.12. The topological polar surface area (TPSA) is 32.3 Å². The van der Waals surface area contributed by atoms with Crippen LogP contribution in [0.4, 0.5) is 0 Å². The first-order chi connectivity index (χ1) is 10.2. The van der Waals surface area contributed by atoms with Crippen molar-refractivity contribution in [3.05, 3.63) is 0 Å². The average molecular weight is 316 g/mol. The zero-order valence-corrected chi connectivity index (χ0v) is 15.0. The summed E-state index contributed by atoms with van der Waals surface area (Å²) in [7, 11) is -2.68. The molecule has 4 nitrogen and oxygen atoms in total. The SMILES string of the molecule is CCCCCCCCOP(=O)(N1C[C@H]1CC)N1C[C@@H]1CC. The van der Waals surface area contributed by atoms with Crippen molar-refractivity contribution < 1.29 is 9.09 Å². The van der Waals surface area contributed by atoms with Gasteiger partial charge in [-0.3, -0.25) is 4.57 Å². The van der Waals surface area contributed by atoms with E-state index in [1.165, 1.54) is 32.1 Å². The van der Waals surface area contributed by atoms with Crippen LogP contribution in [0.3, 0.4) is 0 Å². The van der Waals surface area contributed by atoms with Crippen LogP contribution in [0, 0.1) is 0 Å². The van der Waals surface area contributed by atoms with Crippen molar-refractivity contribution in [3.8, 4) is 0 Å². The number of hydrogen-bond acceptors (Lipinski definition) is 2. The van der Waals surface area contributed by atoms with Crippen LogP contribution in [0.15, 0.2) is 0 Å². The Balaban J connectivity index is 1.72. The molecule has 124 valence electrons. The molecule has 2 fully saturated rings. The minimum atomic E-state index is -2.68. The maximum Gasteiger partial charge on any atom is 0.346 e. The Kier molecular flexibility index (Phi) is 6.74. The van der Waals surface area contributed by atoms with E-state index in [1.54, 1.807) is 0 Å². The smallest absolute Gasteiger partial charge is 0.306 e. The highest BCUT2D eigenvalue weighted by atomic mass is 31.2. The van der Waals surface area contributed by atoms with Gasteiger partial charge in [0.05, 0.1) is 6.61 Å². The molecule has 5 heteroatoms. The van der Waals surface area contributed by atoms with E-state index in [4.69, 9.17) is 4.52 Å². The monoisotopic (exact) mass is 316 g/mol. The molecule has 5 atom stereocenters. The summed E-state index contributed by atoms with van der Waals surface area (Å²) in [5, 5.41) is 0. The lowest BCUT2D eigenvalue weighted by atomic mass is 10.1. The van der Waals surface area contributed by atoms with Gasteiger partial charge in [0.25, 0.3) is 0 Å². The zero-order chi connectivity index (χ0) is 15.3. The van der Waals surface area contributed by atoms with E-state index in [0.717, 1.165) is 32.4 Å². The van der Waals surface area contributed by atoms with Crippen molar-refractivity contribution in [2.45, 2.75) is 84.2 Å². The molecule has 0 aromatic rings. The first kappa shape index (κ1) is 17.5. The van der Waals surface area contributed by atoms with Crippen molar-refractivity contribution in [2.24, 2.45) is 0 Å². The Bertz CT molecular complexity index is 342. The highest BCUT2D eigenvalue weighted by Gasteiger charge is 2.57. The second-order valence-electron chi connectivity index (χ2n) is 6.46. The molecule has 21 heavy (non-hydrogen) atoms. The van der Waals surface area contributed by atoms with Crippen molar-refractivity contribution in [3.63, 3.8) is 0 Å². The summed E-state index contributed by atoms with van der Waals surface area (Å²) in [4.78, 5) is 0. The fourth-order valence-electron chi connectivity index (χ4n) is 3.00. The molecule has 0 bridgehead atoms. The van der Waals surface area contributed by atoms with Gasteiger partial charge in [-0.2, -0.15) is 0 Å². The largest absolute Gasteiger partial charge is 0.346 e. The van der Waals surface area contributed by atoms with Gasteiger partial charge < -0.3 is 4.52 Å². The van der Waals surface area contributed by atoms with E-state index < -0.39 is 7.67 Å². The normalized spacial score (nSPS) is 33.7. The first-order valence-electron chi connectivity index (χ1n) is 8.96. The molecule has 2 rings (SSSR count). The van der Waals surface area contributed by atoms with Gasteiger partial charge in [0.1, 0.15) is 0 Å². The van der Waals surface area contributed by atoms with E-state index in [-0.39, 0.29) is 0 Å². The molecule has 2 saturated heterocycles. The molecule has 0 N–H and O–H groups in total. The molecule has 0 aliphatic carbocycles. The maximum absolute atomic E-state index is 13.2. The predicted octanol–water partition coefficient (Wildman–Crippen LogP) is 4.66. The Morgan fingerprint density at radius 3 is 1.90 bits per heavy atom. The summed E-state index contributed by atoms with van der Waals surface area (Å²) in [5.74, 6) is 0. The molecule has 0 aromatic carbocycles. The third kappa shape index (κ3) is 4.54. The van der Waals surface area contributed by atoms with E-state index in [2.05, 4.69) is 30.1 Å².